The lowest BCUT2D eigenvalue weighted by molar-refractivity contribution is 0.190. The van der Waals surface area contributed by atoms with Crippen molar-refractivity contribution in [1.29, 1.82) is 0 Å². The molecule has 0 spiro atoms. The van der Waals surface area contributed by atoms with Crippen LogP contribution in [0, 0.1) is 0 Å². The maximum absolute atomic E-state index is 5.38. The summed E-state index contributed by atoms with van der Waals surface area (Å²) < 4.78 is 5.38. The Morgan fingerprint density at radius 2 is 2.18 bits per heavy atom. The van der Waals surface area contributed by atoms with Gasteiger partial charge in [0, 0.05) is 36.7 Å². The third kappa shape index (κ3) is 4.46. The van der Waals surface area contributed by atoms with Gasteiger partial charge in [-0.15, -0.1) is 24.2 Å². The van der Waals surface area contributed by atoms with Gasteiger partial charge in [0.05, 0.1) is 6.04 Å². The number of piperazine rings is 1. The minimum Gasteiger partial charge on any atom is -0.339 e. The molecule has 3 rings (SSSR count). The van der Waals surface area contributed by atoms with Gasteiger partial charge in [-0.05, 0) is 19.2 Å². The van der Waals surface area contributed by atoms with E-state index < -0.39 is 0 Å². The molecular weight excluding hydrogens is 320 g/mol. The zero-order valence-electron chi connectivity index (χ0n) is 12.6. The lowest BCUT2D eigenvalue weighted by Gasteiger charge is -2.30. The summed E-state index contributed by atoms with van der Waals surface area (Å²) in [6.45, 7) is 2.91. The van der Waals surface area contributed by atoms with Crippen LogP contribution in [0.4, 0.5) is 0 Å². The van der Waals surface area contributed by atoms with Crippen molar-refractivity contribution < 1.29 is 4.52 Å². The van der Waals surface area contributed by atoms with Crippen LogP contribution in [0.3, 0.4) is 0 Å². The molecule has 0 saturated carbocycles. The fraction of sp³-hybridized carbons (Fsp3) is 0.467. The first-order chi connectivity index (χ1) is 10.3. The molecule has 22 heavy (non-hydrogen) atoms. The monoisotopic (exact) mass is 340 g/mol. The molecule has 1 atom stereocenters. The summed E-state index contributed by atoms with van der Waals surface area (Å²) in [4.78, 5) is 8.08. The summed E-state index contributed by atoms with van der Waals surface area (Å²) in [7, 11) is 2.10. The zero-order valence-corrected chi connectivity index (χ0v) is 14.2. The van der Waals surface area contributed by atoms with Gasteiger partial charge in [0.15, 0.2) is 5.82 Å². The molecule has 1 aromatic carbocycles. The van der Waals surface area contributed by atoms with Crippen LogP contribution in [0.2, 0.25) is 0 Å². The van der Waals surface area contributed by atoms with E-state index >= 15 is 0 Å². The number of hydrogen-bond acceptors (Lipinski definition) is 6. The number of benzene rings is 1. The van der Waals surface area contributed by atoms with Crippen LogP contribution < -0.4 is 5.32 Å². The molecule has 0 radical (unpaired) electrons. The number of likely N-dealkylation sites (N-methyl/N-ethyl adjacent to an activating group) is 1. The number of hydrogen-bond donors (Lipinski definition) is 1. The van der Waals surface area contributed by atoms with Gasteiger partial charge >= 0.3 is 0 Å². The number of nitrogens with one attached hydrogen (secondary N) is 1. The molecule has 1 aliphatic rings. The molecule has 1 saturated heterocycles. The molecule has 7 heteroatoms. The Hall–Kier alpha value is -1.08. The molecule has 0 aliphatic carbocycles. The van der Waals surface area contributed by atoms with Crippen molar-refractivity contribution in [3.05, 3.63) is 42.0 Å². The first kappa shape index (κ1) is 17.3. The molecule has 2 aromatic rings. The number of rotatable bonds is 5. The predicted molar refractivity (Wildman–Crippen MR) is 90.7 cm³/mol. The Balaban J connectivity index is 0.00000176. The predicted octanol–water partition coefficient (Wildman–Crippen LogP) is 2.40. The van der Waals surface area contributed by atoms with Crippen molar-refractivity contribution in [1.82, 2.24) is 20.4 Å². The summed E-state index contributed by atoms with van der Waals surface area (Å²) >= 11 is 1.81. The summed E-state index contributed by atoms with van der Waals surface area (Å²) in [5.74, 6) is 2.47. The third-order valence-corrected chi connectivity index (χ3v) is 4.63. The SMILES string of the molecule is CN1CCNCC1c1noc(CCSc2ccccc2)n1.Cl. The van der Waals surface area contributed by atoms with Crippen LogP contribution in [0.1, 0.15) is 17.8 Å². The molecule has 1 unspecified atom stereocenters. The topological polar surface area (TPSA) is 54.2 Å². The highest BCUT2D eigenvalue weighted by molar-refractivity contribution is 7.99. The zero-order chi connectivity index (χ0) is 14.5. The number of nitrogens with zero attached hydrogens (tertiary/aromatic N) is 3. The second kappa shape index (κ2) is 8.53. The van der Waals surface area contributed by atoms with Crippen molar-refractivity contribution in [3.63, 3.8) is 0 Å². The van der Waals surface area contributed by atoms with E-state index in [1.807, 2.05) is 17.8 Å². The van der Waals surface area contributed by atoms with Crippen LogP contribution in [0.15, 0.2) is 39.8 Å². The summed E-state index contributed by atoms with van der Waals surface area (Å²) in [5, 5.41) is 7.51. The van der Waals surface area contributed by atoms with Gasteiger partial charge in [0.1, 0.15) is 0 Å². The molecule has 0 bridgehead atoms. The first-order valence-corrected chi connectivity index (χ1v) is 8.23. The molecular formula is C15H21ClN4OS. The highest BCUT2D eigenvalue weighted by Gasteiger charge is 2.24. The Kier molecular flexibility index (Phi) is 6.70. The van der Waals surface area contributed by atoms with E-state index in [0.29, 0.717) is 0 Å². The Labute approximate surface area is 141 Å². The van der Waals surface area contributed by atoms with Gasteiger partial charge in [-0.1, -0.05) is 23.4 Å². The fourth-order valence-electron chi connectivity index (χ4n) is 2.37. The van der Waals surface area contributed by atoms with Crippen LogP contribution in [-0.4, -0.2) is 47.5 Å². The summed E-state index contributed by atoms with van der Waals surface area (Å²) in [6, 6.07) is 10.6. The molecule has 0 amide bonds. The van der Waals surface area contributed by atoms with E-state index in [-0.39, 0.29) is 18.4 Å². The second-order valence-corrected chi connectivity index (χ2v) is 6.33. The Morgan fingerprint density at radius 3 is 2.95 bits per heavy atom. The van der Waals surface area contributed by atoms with Crippen LogP contribution in [0.25, 0.3) is 0 Å². The molecule has 1 aliphatic heterocycles. The molecule has 120 valence electrons. The van der Waals surface area contributed by atoms with Crippen molar-refractivity contribution in [3.8, 4) is 0 Å². The van der Waals surface area contributed by atoms with Crippen LogP contribution in [-0.2, 0) is 6.42 Å². The molecule has 1 fully saturated rings. The van der Waals surface area contributed by atoms with Gasteiger partial charge in [0.25, 0.3) is 0 Å². The lowest BCUT2D eigenvalue weighted by Crippen LogP contribution is -2.44. The van der Waals surface area contributed by atoms with Crippen LogP contribution in [0.5, 0.6) is 0 Å². The summed E-state index contributed by atoms with van der Waals surface area (Å²) in [5.41, 5.74) is 0. The number of halogens is 1. The third-order valence-electron chi connectivity index (χ3n) is 3.62. The van der Waals surface area contributed by atoms with E-state index in [1.165, 1.54) is 4.90 Å². The number of thioether (sulfide) groups is 1. The quantitative estimate of drug-likeness (QED) is 0.843. The minimum absolute atomic E-state index is 0. The maximum atomic E-state index is 5.38. The van der Waals surface area contributed by atoms with E-state index in [4.69, 9.17) is 4.52 Å². The van der Waals surface area contributed by atoms with Crippen molar-refractivity contribution in [2.45, 2.75) is 17.4 Å². The smallest absolute Gasteiger partial charge is 0.227 e. The standard InChI is InChI=1S/C15H20N4OS.ClH/c1-19-9-8-16-11-13(19)15-17-14(20-18-15)7-10-21-12-5-3-2-4-6-12;/h2-6,13,16H,7-11H2,1H3;1H. The first-order valence-electron chi connectivity index (χ1n) is 7.24. The van der Waals surface area contributed by atoms with Crippen molar-refractivity contribution in [2.24, 2.45) is 0 Å². The molecule has 1 aromatic heterocycles. The number of aromatic nitrogens is 2. The second-order valence-electron chi connectivity index (χ2n) is 5.16. The fourth-order valence-corrected chi connectivity index (χ4v) is 3.23. The normalized spacial score (nSPS) is 18.9. The largest absolute Gasteiger partial charge is 0.339 e. The van der Waals surface area contributed by atoms with Crippen molar-refractivity contribution >= 4 is 24.2 Å². The van der Waals surface area contributed by atoms with Gasteiger partial charge in [0.2, 0.25) is 5.89 Å². The molecule has 5 nitrogen and oxygen atoms in total. The Bertz CT molecular complexity index is 566. The van der Waals surface area contributed by atoms with E-state index in [2.05, 4.69) is 51.7 Å². The van der Waals surface area contributed by atoms with E-state index in [0.717, 1.165) is 43.5 Å². The molecule has 2 heterocycles. The van der Waals surface area contributed by atoms with Gasteiger partial charge < -0.3 is 9.84 Å². The molecule has 1 N–H and O–H groups in total. The average Bonchev–Trinajstić information content (AvgIpc) is 2.97. The van der Waals surface area contributed by atoms with Crippen LogP contribution >= 0.6 is 24.2 Å². The Morgan fingerprint density at radius 1 is 1.36 bits per heavy atom. The highest BCUT2D eigenvalue weighted by Crippen LogP contribution is 2.20. The lowest BCUT2D eigenvalue weighted by atomic mass is 10.2. The number of aryl methyl sites for hydroxylation is 1. The maximum Gasteiger partial charge on any atom is 0.227 e. The van der Waals surface area contributed by atoms with Gasteiger partial charge in [-0.25, -0.2) is 0 Å². The van der Waals surface area contributed by atoms with E-state index in [9.17, 15) is 0 Å². The highest BCUT2D eigenvalue weighted by atomic mass is 35.5. The van der Waals surface area contributed by atoms with Gasteiger partial charge in [-0.3, -0.25) is 4.90 Å². The van der Waals surface area contributed by atoms with E-state index in [1.54, 1.807) is 0 Å². The van der Waals surface area contributed by atoms with Gasteiger partial charge in [-0.2, -0.15) is 4.98 Å². The van der Waals surface area contributed by atoms with Crippen molar-refractivity contribution in [2.75, 3.05) is 32.4 Å². The average molecular weight is 341 g/mol. The minimum atomic E-state index is 0. The summed E-state index contributed by atoms with van der Waals surface area (Å²) in [6.07, 6.45) is 0.802.